The summed E-state index contributed by atoms with van der Waals surface area (Å²) in [6, 6.07) is 1.34. The number of fused-ring (bicyclic) bond motifs is 1. The SMILES string of the molecule is COC1C(C)CC(C2CC3C(C(CCC4CCCCC4)N2)[Si](C(C)C)(C(C)C)O[C@H]3C2CCCCC2)CC1C. The Hall–Kier alpha value is 0.0969. The highest BCUT2D eigenvalue weighted by atomic mass is 28.4. The van der Waals surface area contributed by atoms with Gasteiger partial charge in [0.2, 0.25) is 8.32 Å². The summed E-state index contributed by atoms with van der Waals surface area (Å²) in [5.41, 5.74) is 2.20. The lowest BCUT2D eigenvalue weighted by Crippen LogP contribution is -2.60. The van der Waals surface area contributed by atoms with E-state index in [1.807, 2.05) is 7.11 Å². The van der Waals surface area contributed by atoms with E-state index in [1.54, 1.807) is 0 Å². The molecule has 2 saturated heterocycles. The van der Waals surface area contributed by atoms with E-state index < -0.39 is 8.32 Å². The molecular weight excluding hydrogens is 494 g/mol. The molecule has 0 aromatic heterocycles. The Morgan fingerprint density at radius 1 is 0.769 bits per heavy atom. The van der Waals surface area contributed by atoms with Gasteiger partial charge in [0, 0.05) is 19.2 Å². The number of piperidine rings is 1. The minimum absolute atomic E-state index is 0.437. The van der Waals surface area contributed by atoms with Crippen molar-refractivity contribution in [2.75, 3.05) is 7.11 Å². The lowest BCUT2D eigenvalue weighted by Gasteiger charge is -2.51. The van der Waals surface area contributed by atoms with Crippen LogP contribution in [0.25, 0.3) is 0 Å². The van der Waals surface area contributed by atoms with E-state index in [-0.39, 0.29) is 0 Å². The largest absolute Gasteiger partial charge is 0.412 e. The number of rotatable bonds is 8. The smallest absolute Gasteiger partial charge is 0.203 e. The zero-order valence-corrected chi connectivity index (χ0v) is 27.9. The molecule has 2 heterocycles. The van der Waals surface area contributed by atoms with Gasteiger partial charge in [0.15, 0.2) is 0 Å². The van der Waals surface area contributed by atoms with Crippen LogP contribution in [0.5, 0.6) is 0 Å². The molecular formula is C35H65NO2Si. The molecule has 0 spiro atoms. The maximum absolute atomic E-state index is 7.77. The maximum Gasteiger partial charge on any atom is 0.203 e. The Morgan fingerprint density at radius 2 is 1.36 bits per heavy atom. The standard InChI is InChI=1S/C35H65NO2Si/c1-23(2)39(24(3)4)35-30(34(38-39)28-16-12-9-13-17-28)22-32(29-20-25(5)33(37-7)26(6)21-29)36-31(35)19-18-27-14-10-8-11-15-27/h23-36H,8-22H2,1-7H3/t25?,26?,29?,30?,31?,32?,33?,34-,35?/m0/s1. The van der Waals surface area contributed by atoms with Crippen molar-refractivity contribution >= 4 is 8.32 Å². The van der Waals surface area contributed by atoms with Crippen molar-refractivity contribution in [3.05, 3.63) is 0 Å². The summed E-state index contributed by atoms with van der Waals surface area (Å²) in [5.74, 6) is 4.70. The fraction of sp³-hybridized carbons (Fsp3) is 1.00. The first kappa shape index (κ1) is 30.6. The maximum atomic E-state index is 7.77. The predicted octanol–water partition coefficient (Wildman–Crippen LogP) is 9.51. The van der Waals surface area contributed by atoms with Crippen LogP contribution in [-0.4, -0.2) is 39.7 Å². The highest BCUT2D eigenvalue weighted by Crippen LogP contribution is 2.61. The molecule has 0 aromatic carbocycles. The first-order valence-corrected chi connectivity index (χ1v) is 19.9. The van der Waals surface area contributed by atoms with Crippen molar-refractivity contribution in [3.63, 3.8) is 0 Å². The van der Waals surface area contributed by atoms with E-state index >= 15 is 0 Å². The molecule has 5 aliphatic rings. The molecule has 39 heavy (non-hydrogen) atoms. The van der Waals surface area contributed by atoms with Gasteiger partial charge in [0.05, 0.1) is 12.2 Å². The van der Waals surface area contributed by atoms with Crippen LogP contribution in [0.4, 0.5) is 0 Å². The van der Waals surface area contributed by atoms with Crippen molar-refractivity contribution < 1.29 is 9.16 Å². The van der Waals surface area contributed by atoms with Gasteiger partial charge in [-0.25, -0.2) is 0 Å². The van der Waals surface area contributed by atoms with Crippen molar-refractivity contribution in [3.8, 4) is 0 Å². The third-order valence-corrected chi connectivity index (χ3v) is 19.1. The zero-order chi connectivity index (χ0) is 27.7. The second kappa shape index (κ2) is 13.2. The van der Waals surface area contributed by atoms with E-state index in [1.165, 1.54) is 96.3 Å². The molecule has 7 atom stereocenters. The monoisotopic (exact) mass is 559 g/mol. The Balaban J connectivity index is 1.45. The van der Waals surface area contributed by atoms with Gasteiger partial charge in [-0.05, 0) is 97.1 Å². The molecule has 5 fully saturated rings. The average molecular weight is 560 g/mol. The highest BCUT2D eigenvalue weighted by molar-refractivity contribution is 6.78. The summed E-state index contributed by atoms with van der Waals surface area (Å²) in [6.07, 6.45) is 22.4. The third-order valence-electron chi connectivity index (χ3n) is 13.0. The van der Waals surface area contributed by atoms with Crippen LogP contribution in [0, 0.1) is 35.5 Å². The molecule has 4 heteroatoms. The summed E-state index contributed by atoms with van der Waals surface area (Å²) in [5, 5.41) is 4.51. The van der Waals surface area contributed by atoms with Crippen molar-refractivity contribution in [1.82, 2.24) is 5.32 Å². The van der Waals surface area contributed by atoms with Gasteiger partial charge < -0.3 is 14.5 Å². The molecule has 3 saturated carbocycles. The molecule has 0 radical (unpaired) electrons. The van der Waals surface area contributed by atoms with E-state index in [4.69, 9.17) is 9.16 Å². The van der Waals surface area contributed by atoms with Crippen LogP contribution in [-0.2, 0) is 9.16 Å². The van der Waals surface area contributed by atoms with Gasteiger partial charge >= 0.3 is 0 Å². The van der Waals surface area contributed by atoms with Gasteiger partial charge in [-0.3, -0.25) is 0 Å². The minimum atomic E-state index is -1.95. The number of hydrogen-bond acceptors (Lipinski definition) is 3. The third kappa shape index (κ3) is 6.12. The molecule has 6 unspecified atom stereocenters. The number of nitrogens with one attached hydrogen (secondary N) is 1. The molecule has 0 amide bonds. The van der Waals surface area contributed by atoms with Gasteiger partial charge in [0.1, 0.15) is 0 Å². The molecule has 5 rings (SSSR count). The van der Waals surface area contributed by atoms with Crippen molar-refractivity contribution in [1.29, 1.82) is 0 Å². The summed E-state index contributed by atoms with van der Waals surface area (Å²) in [4.78, 5) is 0. The Bertz CT molecular complexity index is 740. The average Bonchev–Trinajstić information content (AvgIpc) is 3.30. The van der Waals surface area contributed by atoms with Crippen LogP contribution in [0.1, 0.15) is 138 Å². The zero-order valence-electron chi connectivity index (χ0n) is 26.9. The topological polar surface area (TPSA) is 30.5 Å². The Kier molecular flexibility index (Phi) is 10.3. The highest BCUT2D eigenvalue weighted by Gasteiger charge is 2.65. The van der Waals surface area contributed by atoms with Gasteiger partial charge in [-0.2, -0.15) is 0 Å². The quantitative estimate of drug-likeness (QED) is 0.300. The number of ether oxygens (including phenoxy) is 1. The minimum Gasteiger partial charge on any atom is -0.412 e. The molecule has 1 N–H and O–H groups in total. The fourth-order valence-corrected chi connectivity index (χ4v) is 17.6. The predicted molar refractivity (Wildman–Crippen MR) is 168 cm³/mol. The fourth-order valence-electron chi connectivity index (χ4n) is 11.3. The molecule has 0 aromatic rings. The second-order valence-corrected chi connectivity index (χ2v) is 20.8. The van der Waals surface area contributed by atoms with Crippen LogP contribution in [0.3, 0.4) is 0 Å². The number of hydrogen-bond donors (Lipinski definition) is 1. The van der Waals surface area contributed by atoms with Crippen molar-refractivity contribution in [2.24, 2.45) is 35.5 Å². The lowest BCUT2D eigenvalue weighted by molar-refractivity contribution is -0.0362. The van der Waals surface area contributed by atoms with Crippen LogP contribution >= 0.6 is 0 Å². The molecule has 0 bridgehead atoms. The molecule has 3 aliphatic carbocycles. The van der Waals surface area contributed by atoms with Gasteiger partial charge in [-0.1, -0.05) is 92.9 Å². The van der Waals surface area contributed by atoms with E-state index in [0.29, 0.717) is 47.2 Å². The number of methoxy groups -OCH3 is 1. The summed E-state index contributed by atoms with van der Waals surface area (Å²) in [6.45, 7) is 15.1. The van der Waals surface area contributed by atoms with Crippen LogP contribution < -0.4 is 5.32 Å². The summed E-state index contributed by atoms with van der Waals surface area (Å²) >= 11 is 0. The molecule has 226 valence electrons. The van der Waals surface area contributed by atoms with E-state index in [0.717, 1.165) is 29.2 Å². The Morgan fingerprint density at radius 3 is 1.92 bits per heavy atom. The Labute approximate surface area is 243 Å². The van der Waals surface area contributed by atoms with Crippen molar-refractivity contribution in [2.45, 2.75) is 179 Å². The van der Waals surface area contributed by atoms with Crippen LogP contribution in [0.2, 0.25) is 16.6 Å². The lowest BCUT2D eigenvalue weighted by atomic mass is 9.67. The second-order valence-electron chi connectivity index (χ2n) is 15.9. The normalized spacial score (nSPS) is 42.2. The van der Waals surface area contributed by atoms with Crippen LogP contribution in [0.15, 0.2) is 0 Å². The first-order chi connectivity index (χ1) is 18.8. The van der Waals surface area contributed by atoms with Gasteiger partial charge in [-0.15, -0.1) is 0 Å². The molecule has 3 nitrogen and oxygen atoms in total. The molecule has 2 aliphatic heterocycles. The van der Waals surface area contributed by atoms with Gasteiger partial charge in [0.25, 0.3) is 0 Å². The van der Waals surface area contributed by atoms with E-state index in [9.17, 15) is 0 Å². The first-order valence-electron chi connectivity index (χ1n) is 17.7. The summed E-state index contributed by atoms with van der Waals surface area (Å²) in [7, 11) is -0.0116. The van der Waals surface area contributed by atoms with E-state index in [2.05, 4.69) is 46.9 Å². The summed E-state index contributed by atoms with van der Waals surface area (Å²) < 4.78 is 13.8.